The van der Waals surface area contributed by atoms with Gasteiger partial charge in [0.15, 0.2) is 0 Å². The third-order valence-electron chi connectivity index (χ3n) is 2.72. The number of nitrogens with two attached hydrogens (primary N) is 1. The fraction of sp³-hybridized carbons (Fsp3) is 0.0667. The number of primary amides is 1. The van der Waals surface area contributed by atoms with Gasteiger partial charge in [0.2, 0.25) is 0 Å². The van der Waals surface area contributed by atoms with Crippen molar-refractivity contribution in [2.45, 2.75) is 6.43 Å². The molecule has 2 aromatic rings. The smallest absolute Gasteiger partial charge is 0.267 e. The number of aromatic nitrogens is 1. The highest BCUT2D eigenvalue weighted by molar-refractivity contribution is 5.93. The lowest BCUT2D eigenvalue weighted by Crippen LogP contribution is -2.16. The molecule has 2 rings (SSSR count). The average molecular weight is 272 g/mol. The molecule has 1 heterocycles. The highest BCUT2D eigenvalue weighted by atomic mass is 19.3. The van der Waals surface area contributed by atoms with Gasteiger partial charge in [-0.05, 0) is 24.3 Å². The predicted octanol–water partition coefficient (Wildman–Crippen LogP) is 2.77. The van der Waals surface area contributed by atoms with Crippen LogP contribution in [0.2, 0.25) is 0 Å². The van der Waals surface area contributed by atoms with Gasteiger partial charge in [0.25, 0.3) is 12.3 Å². The molecule has 0 atom stereocenters. The maximum atomic E-state index is 12.8. The zero-order chi connectivity index (χ0) is 14.7. The number of pyridine rings is 1. The first-order valence-electron chi connectivity index (χ1n) is 5.69. The summed E-state index contributed by atoms with van der Waals surface area (Å²) in [5.74, 6) is 1.47. The largest absolute Gasteiger partial charge is 0.364 e. The van der Waals surface area contributed by atoms with E-state index in [0.717, 1.165) is 6.07 Å². The van der Waals surface area contributed by atoms with Gasteiger partial charge < -0.3 is 5.73 Å². The Labute approximate surface area is 114 Å². The molecule has 0 aliphatic carbocycles. The lowest BCUT2D eigenvalue weighted by molar-refractivity contribution is 0.0980. The Hall–Kier alpha value is -2.74. The van der Waals surface area contributed by atoms with Gasteiger partial charge in [-0.3, -0.25) is 4.79 Å². The van der Waals surface area contributed by atoms with Crippen molar-refractivity contribution >= 4 is 5.91 Å². The molecule has 0 bridgehead atoms. The quantitative estimate of drug-likeness (QED) is 0.873. The second kappa shape index (κ2) is 5.49. The van der Waals surface area contributed by atoms with E-state index in [1.165, 1.54) is 6.07 Å². The Balaban J connectivity index is 2.56. The zero-order valence-corrected chi connectivity index (χ0v) is 10.3. The van der Waals surface area contributed by atoms with Crippen LogP contribution in [0, 0.1) is 12.3 Å². The molecule has 3 nitrogen and oxygen atoms in total. The van der Waals surface area contributed by atoms with E-state index in [1.807, 2.05) is 0 Å². The van der Waals surface area contributed by atoms with Crippen LogP contribution in [0.25, 0.3) is 11.3 Å². The average Bonchev–Trinajstić information content (AvgIpc) is 2.46. The molecule has 0 aliphatic rings. The first kappa shape index (κ1) is 13.7. The molecule has 2 N–H and O–H groups in total. The summed E-state index contributed by atoms with van der Waals surface area (Å²) in [6.45, 7) is 0. The Morgan fingerprint density at radius 1 is 1.30 bits per heavy atom. The second-order valence-electron chi connectivity index (χ2n) is 4.02. The van der Waals surface area contributed by atoms with Crippen LogP contribution < -0.4 is 5.73 Å². The van der Waals surface area contributed by atoms with Gasteiger partial charge in [-0.15, -0.1) is 6.42 Å². The maximum Gasteiger partial charge on any atom is 0.267 e. The predicted molar refractivity (Wildman–Crippen MR) is 71.1 cm³/mol. The monoisotopic (exact) mass is 272 g/mol. The highest BCUT2D eigenvalue weighted by Crippen LogP contribution is 2.25. The van der Waals surface area contributed by atoms with Gasteiger partial charge in [-0.25, -0.2) is 13.8 Å². The molecule has 5 heteroatoms. The molecule has 1 amide bonds. The van der Waals surface area contributed by atoms with Crippen molar-refractivity contribution in [3.8, 4) is 23.6 Å². The van der Waals surface area contributed by atoms with Crippen molar-refractivity contribution in [3.05, 3.63) is 53.2 Å². The second-order valence-corrected chi connectivity index (χ2v) is 4.02. The van der Waals surface area contributed by atoms with E-state index in [9.17, 15) is 13.6 Å². The number of hydrogen-bond acceptors (Lipinski definition) is 2. The van der Waals surface area contributed by atoms with Crippen molar-refractivity contribution in [2.24, 2.45) is 5.73 Å². The minimum Gasteiger partial charge on any atom is -0.364 e. The Kier molecular flexibility index (Phi) is 3.76. The number of carbonyl (C=O) groups is 1. The number of carbonyl (C=O) groups excluding carboxylic acids is 1. The Morgan fingerprint density at radius 2 is 2.05 bits per heavy atom. The Morgan fingerprint density at radius 3 is 2.65 bits per heavy atom. The van der Waals surface area contributed by atoms with E-state index in [4.69, 9.17) is 12.2 Å². The van der Waals surface area contributed by atoms with Crippen LogP contribution in [0.15, 0.2) is 36.4 Å². The van der Waals surface area contributed by atoms with Gasteiger partial charge in [-0.2, -0.15) is 0 Å². The van der Waals surface area contributed by atoms with E-state index >= 15 is 0 Å². The number of halogens is 2. The van der Waals surface area contributed by atoms with Gasteiger partial charge in [0, 0.05) is 16.7 Å². The normalized spacial score (nSPS) is 10.3. The molecule has 0 spiro atoms. The van der Waals surface area contributed by atoms with Crippen molar-refractivity contribution in [1.82, 2.24) is 4.98 Å². The van der Waals surface area contributed by atoms with E-state index in [1.54, 1.807) is 24.3 Å². The molecule has 20 heavy (non-hydrogen) atoms. The van der Waals surface area contributed by atoms with Gasteiger partial charge in [0.05, 0.1) is 5.69 Å². The minimum absolute atomic E-state index is 0.361. The number of nitrogens with zero attached hydrogens (tertiary/aromatic N) is 1. The maximum absolute atomic E-state index is 12.8. The molecule has 0 aliphatic heterocycles. The van der Waals surface area contributed by atoms with E-state index in [-0.39, 0.29) is 0 Å². The third-order valence-corrected chi connectivity index (χ3v) is 2.72. The molecule has 1 aromatic heterocycles. The van der Waals surface area contributed by atoms with Crippen LogP contribution in [0.1, 0.15) is 28.0 Å². The topological polar surface area (TPSA) is 56.0 Å². The van der Waals surface area contributed by atoms with Crippen LogP contribution in [0.3, 0.4) is 0 Å². The summed E-state index contributed by atoms with van der Waals surface area (Å²) in [4.78, 5) is 15.1. The van der Waals surface area contributed by atoms with Gasteiger partial charge in [-0.1, -0.05) is 18.1 Å². The lowest BCUT2D eigenvalue weighted by atomic mass is 10.1. The highest BCUT2D eigenvalue weighted by Gasteiger charge is 2.19. The summed E-state index contributed by atoms with van der Waals surface area (Å²) in [5.41, 5.74) is 5.80. The zero-order valence-electron chi connectivity index (χ0n) is 10.3. The fourth-order valence-corrected chi connectivity index (χ4v) is 1.77. The summed E-state index contributed by atoms with van der Waals surface area (Å²) in [5, 5.41) is 0. The van der Waals surface area contributed by atoms with Crippen LogP contribution in [0.5, 0.6) is 0 Å². The van der Waals surface area contributed by atoms with Crippen LogP contribution in [0.4, 0.5) is 8.78 Å². The lowest BCUT2D eigenvalue weighted by Gasteiger charge is -2.08. The van der Waals surface area contributed by atoms with Crippen molar-refractivity contribution in [3.63, 3.8) is 0 Å². The summed E-state index contributed by atoms with van der Waals surface area (Å²) in [6.07, 6.45) is 2.49. The van der Waals surface area contributed by atoms with Crippen molar-refractivity contribution in [1.29, 1.82) is 0 Å². The number of terminal acetylenes is 1. The van der Waals surface area contributed by atoms with E-state index in [0.29, 0.717) is 16.8 Å². The fourth-order valence-electron chi connectivity index (χ4n) is 1.77. The number of benzene rings is 1. The summed E-state index contributed by atoms with van der Waals surface area (Å²) < 4.78 is 25.5. The first-order chi connectivity index (χ1) is 9.52. The van der Waals surface area contributed by atoms with E-state index < -0.39 is 23.6 Å². The van der Waals surface area contributed by atoms with Crippen LogP contribution in [-0.2, 0) is 0 Å². The number of rotatable bonds is 3. The first-order valence-corrected chi connectivity index (χ1v) is 5.69. The van der Waals surface area contributed by atoms with Gasteiger partial charge in [0.1, 0.15) is 5.69 Å². The SMILES string of the molecule is C#Cc1cccc(-c2ccc(C(F)F)c(C(N)=O)n2)c1. The molecule has 0 saturated heterocycles. The van der Waals surface area contributed by atoms with Crippen LogP contribution >= 0.6 is 0 Å². The van der Waals surface area contributed by atoms with Crippen molar-refractivity contribution < 1.29 is 13.6 Å². The number of alkyl halides is 2. The molecule has 0 saturated carbocycles. The summed E-state index contributed by atoms with van der Waals surface area (Å²) in [7, 11) is 0. The number of amides is 1. The van der Waals surface area contributed by atoms with Crippen molar-refractivity contribution in [2.75, 3.05) is 0 Å². The summed E-state index contributed by atoms with van der Waals surface area (Å²) in [6, 6.07) is 9.40. The third kappa shape index (κ3) is 2.64. The van der Waals surface area contributed by atoms with E-state index in [2.05, 4.69) is 10.9 Å². The molecule has 1 aromatic carbocycles. The molecule has 100 valence electrons. The molecule has 0 unspecified atom stereocenters. The van der Waals surface area contributed by atoms with Gasteiger partial charge >= 0.3 is 0 Å². The molecule has 0 radical (unpaired) electrons. The molecular weight excluding hydrogens is 262 g/mol. The molecule has 0 fully saturated rings. The molecular formula is C15H10F2N2O. The summed E-state index contributed by atoms with van der Waals surface area (Å²) >= 11 is 0. The minimum atomic E-state index is -2.81. The number of hydrogen-bond donors (Lipinski definition) is 1. The standard InChI is InChI=1S/C15H10F2N2O/c1-2-9-4-3-5-10(8-9)12-7-6-11(14(16)17)13(19-12)15(18)20/h1,3-8,14H,(H2,18,20). The Bertz CT molecular complexity index is 705. The van der Waals surface area contributed by atoms with Crippen LogP contribution in [-0.4, -0.2) is 10.9 Å².